The zero-order chi connectivity index (χ0) is 24.7. The number of carbonyl (C=O) groups is 1. The second-order valence-corrected chi connectivity index (χ2v) is 10.4. The van der Waals surface area contributed by atoms with Gasteiger partial charge in [0.25, 0.3) is 0 Å². The number of hydrogen-bond acceptors (Lipinski definition) is 3. The first kappa shape index (κ1) is 24.5. The third-order valence-corrected chi connectivity index (χ3v) is 6.81. The molecule has 4 rings (SSSR count). The molecule has 2 fully saturated rings. The smallest absolute Gasteiger partial charge is 0.296 e. The molecule has 0 spiro atoms. The van der Waals surface area contributed by atoms with Gasteiger partial charge in [-0.3, -0.25) is 14.6 Å². The fourth-order valence-corrected chi connectivity index (χ4v) is 5.23. The molecule has 0 aromatic heterocycles. The van der Waals surface area contributed by atoms with Gasteiger partial charge in [0, 0.05) is 22.5 Å². The van der Waals surface area contributed by atoms with E-state index in [2.05, 4.69) is 27.7 Å². The summed E-state index contributed by atoms with van der Waals surface area (Å²) in [7, 11) is 0. The van der Waals surface area contributed by atoms with Crippen molar-refractivity contribution in [2.45, 2.75) is 70.3 Å². The van der Waals surface area contributed by atoms with E-state index in [0.29, 0.717) is 12.2 Å². The Morgan fingerprint density at radius 2 is 1.50 bits per heavy atom. The molecule has 2 aromatic rings. The van der Waals surface area contributed by atoms with Gasteiger partial charge in [-0.25, -0.2) is 4.79 Å². The minimum Gasteiger partial charge on any atom is -0.296 e. The standard InChI is InChI=1S/C26H32F3N3O2/c1-24(2)15-8-16-25(3,4)32(24)34-18-22-17-30(20-9-6-5-7-10-20)23(33)31(22)21-13-11-19(12-14-21)26(27,28)29/h5-7,9-14,22H,8,15-18H2,1-4H3. The van der Waals surface area contributed by atoms with Crippen molar-refractivity contribution in [2.24, 2.45) is 0 Å². The van der Waals surface area contributed by atoms with E-state index < -0.39 is 11.7 Å². The van der Waals surface area contributed by atoms with E-state index in [4.69, 9.17) is 4.84 Å². The van der Waals surface area contributed by atoms with Crippen molar-refractivity contribution in [3.63, 3.8) is 0 Å². The molecule has 0 N–H and O–H groups in total. The second-order valence-electron chi connectivity index (χ2n) is 10.4. The first-order valence-electron chi connectivity index (χ1n) is 11.7. The first-order chi connectivity index (χ1) is 15.9. The number of halogens is 3. The van der Waals surface area contributed by atoms with Crippen LogP contribution in [0.4, 0.5) is 29.3 Å². The highest BCUT2D eigenvalue weighted by Crippen LogP contribution is 2.39. The molecule has 2 amide bonds. The van der Waals surface area contributed by atoms with Crippen molar-refractivity contribution in [2.75, 3.05) is 23.0 Å². The van der Waals surface area contributed by atoms with E-state index in [9.17, 15) is 18.0 Å². The summed E-state index contributed by atoms with van der Waals surface area (Å²) in [5, 5.41) is 2.05. The fourth-order valence-electron chi connectivity index (χ4n) is 5.23. The SMILES string of the molecule is CC1(C)CCCC(C)(C)N1OCC1CN(c2ccccc2)C(=O)N1c1ccc(C(F)(F)F)cc1. The maximum absolute atomic E-state index is 13.5. The number of amides is 2. The molecule has 2 aliphatic rings. The molecule has 2 saturated heterocycles. The number of urea groups is 1. The van der Waals surface area contributed by atoms with Crippen LogP contribution in [0.25, 0.3) is 0 Å². The van der Waals surface area contributed by atoms with Crippen LogP contribution in [0.1, 0.15) is 52.5 Å². The van der Waals surface area contributed by atoms with Crippen molar-refractivity contribution in [3.8, 4) is 0 Å². The minimum absolute atomic E-state index is 0.164. The molecule has 184 valence electrons. The third kappa shape index (κ3) is 4.79. The summed E-state index contributed by atoms with van der Waals surface area (Å²) < 4.78 is 39.3. The molecule has 0 aliphatic carbocycles. The third-order valence-electron chi connectivity index (χ3n) is 6.81. The summed E-state index contributed by atoms with van der Waals surface area (Å²) >= 11 is 0. The highest BCUT2D eigenvalue weighted by molar-refractivity contribution is 6.06. The Hall–Kier alpha value is -2.58. The summed E-state index contributed by atoms with van der Waals surface area (Å²) in [4.78, 5) is 23.1. The molecule has 0 saturated carbocycles. The van der Waals surface area contributed by atoms with Crippen molar-refractivity contribution in [1.82, 2.24) is 5.06 Å². The van der Waals surface area contributed by atoms with Crippen LogP contribution in [0.5, 0.6) is 0 Å². The van der Waals surface area contributed by atoms with Gasteiger partial charge in [0.05, 0.1) is 24.8 Å². The van der Waals surface area contributed by atoms with Crippen LogP contribution in [0.3, 0.4) is 0 Å². The number of alkyl halides is 3. The number of hydrogen-bond donors (Lipinski definition) is 0. The molecule has 34 heavy (non-hydrogen) atoms. The molecule has 1 unspecified atom stereocenters. The van der Waals surface area contributed by atoms with Crippen LogP contribution in [0, 0.1) is 0 Å². The van der Waals surface area contributed by atoms with E-state index in [-0.39, 0.29) is 29.8 Å². The molecule has 0 radical (unpaired) electrons. The Labute approximate surface area is 199 Å². The van der Waals surface area contributed by atoms with Crippen molar-refractivity contribution >= 4 is 17.4 Å². The summed E-state index contributed by atoms with van der Waals surface area (Å²) in [6.45, 7) is 9.21. The predicted molar refractivity (Wildman–Crippen MR) is 127 cm³/mol. The van der Waals surface area contributed by atoms with Gasteiger partial charge in [0.2, 0.25) is 0 Å². The lowest BCUT2D eigenvalue weighted by Gasteiger charge is -2.51. The maximum atomic E-state index is 13.5. The van der Waals surface area contributed by atoms with Crippen LogP contribution in [0.15, 0.2) is 54.6 Å². The molecule has 0 bridgehead atoms. The number of para-hydroxylation sites is 1. The lowest BCUT2D eigenvalue weighted by atomic mass is 9.82. The van der Waals surface area contributed by atoms with Gasteiger partial charge < -0.3 is 0 Å². The van der Waals surface area contributed by atoms with Crippen LogP contribution < -0.4 is 9.80 Å². The van der Waals surface area contributed by atoms with Crippen LogP contribution in [-0.4, -0.2) is 41.4 Å². The topological polar surface area (TPSA) is 36.0 Å². The summed E-state index contributed by atoms with van der Waals surface area (Å²) in [5.41, 5.74) is 0.0888. The van der Waals surface area contributed by atoms with Gasteiger partial charge in [0.1, 0.15) is 0 Å². The number of piperidine rings is 1. The van der Waals surface area contributed by atoms with Gasteiger partial charge in [-0.1, -0.05) is 18.2 Å². The zero-order valence-electron chi connectivity index (χ0n) is 20.1. The van der Waals surface area contributed by atoms with E-state index in [0.717, 1.165) is 37.1 Å². The lowest BCUT2D eigenvalue weighted by molar-refractivity contribution is -0.281. The lowest BCUT2D eigenvalue weighted by Crippen LogP contribution is -2.59. The van der Waals surface area contributed by atoms with Crippen molar-refractivity contribution in [3.05, 3.63) is 60.2 Å². The number of hydroxylamine groups is 2. The molecular formula is C26H32F3N3O2. The van der Waals surface area contributed by atoms with E-state index in [1.807, 2.05) is 35.4 Å². The number of nitrogens with zero attached hydrogens (tertiary/aromatic N) is 3. The second kappa shape index (κ2) is 8.89. The normalized spacial score (nSPS) is 22.9. The average molecular weight is 476 g/mol. The van der Waals surface area contributed by atoms with Gasteiger partial charge in [0.15, 0.2) is 0 Å². The zero-order valence-corrected chi connectivity index (χ0v) is 20.1. The molecule has 2 heterocycles. The van der Waals surface area contributed by atoms with Crippen LogP contribution in [0.2, 0.25) is 0 Å². The number of anilines is 2. The largest absolute Gasteiger partial charge is 0.416 e. The maximum Gasteiger partial charge on any atom is 0.416 e. The molecule has 2 aromatic carbocycles. The minimum atomic E-state index is -4.43. The summed E-state index contributed by atoms with van der Waals surface area (Å²) in [6, 6.07) is 13.4. The highest BCUT2D eigenvalue weighted by atomic mass is 19.4. The van der Waals surface area contributed by atoms with E-state index in [1.54, 1.807) is 9.80 Å². The Bertz CT molecular complexity index is 990. The van der Waals surface area contributed by atoms with E-state index in [1.165, 1.54) is 12.1 Å². The molecule has 1 atom stereocenters. The van der Waals surface area contributed by atoms with Gasteiger partial charge >= 0.3 is 12.2 Å². The van der Waals surface area contributed by atoms with Gasteiger partial charge in [-0.05, 0) is 83.4 Å². The fraction of sp³-hybridized carbons (Fsp3) is 0.500. The van der Waals surface area contributed by atoms with Crippen molar-refractivity contribution < 1.29 is 22.8 Å². The first-order valence-corrected chi connectivity index (χ1v) is 11.7. The average Bonchev–Trinajstić information content (AvgIpc) is 3.08. The number of carbonyl (C=O) groups excluding carboxylic acids is 1. The van der Waals surface area contributed by atoms with Crippen molar-refractivity contribution in [1.29, 1.82) is 0 Å². The Morgan fingerprint density at radius 3 is 2.06 bits per heavy atom. The monoisotopic (exact) mass is 475 g/mol. The molecular weight excluding hydrogens is 443 g/mol. The van der Waals surface area contributed by atoms with Crippen LogP contribution in [-0.2, 0) is 11.0 Å². The predicted octanol–water partition coefficient (Wildman–Crippen LogP) is 6.50. The summed E-state index contributed by atoms with van der Waals surface area (Å²) in [5.74, 6) is 0. The Balaban J connectivity index is 1.62. The Morgan fingerprint density at radius 1 is 0.912 bits per heavy atom. The van der Waals surface area contributed by atoms with Gasteiger partial charge in [-0.15, -0.1) is 0 Å². The quantitative estimate of drug-likeness (QED) is 0.496. The molecule has 2 aliphatic heterocycles. The van der Waals surface area contributed by atoms with Crippen LogP contribution >= 0.6 is 0 Å². The molecule has 8 heteroatoms. The Kier molecular flexibility index (Phi) is 6.42. The highest BCUT2D eigenvalue weighted by Gasteiger charge is 2.45. The van der Waals surface area contributed by atoms with E-state index >= 15 is 0 Å². The van der Waals surface area contributed by atoms with Gasteiger partial charge in [-0.2, -0.15) is 18.2 Å². The number of rotatable bonds is 5. The number of benzene rings is 2. The summed E-state index contributed by atoms with van der Waals surface area (Å²) in [6.07, 6.45) is -1.32. The molecule has 5 nitrogen and oxygen atoms in total.